The molecule has 0 amide bonds. The fourth-order valence-corrected chi connectivity index (χ4v) is 5.67. The van der Waals surface area contributed by atoms with Gasteiger partial charge in [-0.2, -0.15) is 8.42 Å². The van der Waals surface area contributed by atoms with Crippen molar-refractivity contribution >= 4 is 10.1 Å². The van der Waals surface area contributed by atoms with Gasteiger partial charge in [0.15, 0.2) is 0 Å². The van der Waals surface area contributed by atoms with Crippen LogP contribution in [0, 0.1) is 0 Å². The quantitative estimate of drug-likeness (QED) is 0.119. The number of hydrogen-bond acceptors (Lipinski definition) is 7. The van der Waals surface area contributed by atoms with Crippen LogP contribution in [0.4, 0.5) is 0 Å². The third-order valence-corrected chi connectivity index (χ3v) is 7.28. The van der Waals surface area contributed by atoms with E-state index in [0.717, 1.165) is 24.8 Å². The van der Waals surface area contributed by atoms with Gasteiger partial charge in [-0.1, -0.05) is 63.6 Å². The topological polar surface area (TPSA) is 80.3 Å². The molecule has 1 rings (SSSR count). The zero-order valence-corrected chi connectivity index (χ0v) is 22.9. The Labute approximate surface area is 207 Å². The van der Waals surface area contributed by atoms with Gasteiger partial charge < -0.3 is 23.1 Å². The molecule has 0 atom stereocenters. The average Bonchev–Trinajstić information content (AvgIpc) is 2.79. The highest BCUT2D eigenvalue weighted by molar-refractivity contribution is 7.88. The summed E-state index contributed by atoms with van der Waals surface area (Å²) in [7, 11) is -4.53. The molecule has 0 saturated carbocycles. The van der Waals surface area contributed by atoms with E-state index in [1.807, 2.05) is 12.1 Å². The largest absolute Gasteiger partial charge is 0.378 e. The second-order valence-corrected chi connectivity index (χ2v) is 9.86. The van der Waals surface area contributed by atoms with Crippen molar-refractivity contribution < 1.29 is 31.5 Å². The summed E-state index contributed by atoms with van der Waals surface area (Å²) in [5.41, 5.74) is 0.830. The van der Waals surface area contributed by atoms with E-state index in [4.69, 9.17) is 23.1 Å². The maximum atomic E-state index is 13.8. The van der Waals surface area contributed by atoms with E-state index in [1.165, 1.54) is 39.0 Å². The molecular weight excluding hydrogens is 456 g/mol. The van der Waals surface area contributed by atoms with Crippen LogP contribution in [0.1, 0.15) is 92.1 Å². The molecule has 0 unspecified atom stereocenters. The number of para-hydroxylation sites is 1. The van der Waals surface area contributed by atoms with Crippen molar-refractivity contribution in [2.45, 2.75) is 104 Å². The first-order valence-corrected chi connectivity index (χ1v) is 14.3. The number of rotatable bonds is 20. The smallest absolute Gasteiger partial charge is 0.372 e. The van der Waals surface area contributed by atoms with Crippen LogP contribution in [0.15, 0.2) is 24.3 Å². The normalized spacial score (nSPS) is 12.8. The molecule has 0 N–H and O–H groups in total. The van der Waals surface area contributed by atoms with Gasteiger partial charge in [-0.25, -0.2) is 0 Å². The zero-order chi connectivity index (χ0) is 25.5. The van der Waals surface area contributed by atoms with E-state index in [0.29, 0.717) is 0 Å². The Morgan fingerprint density at radius 3 is 1.74 bits per heavy atom. The van der Waals surface area contributed by atoms with Crippen LogP contribution in [0.3, 0.4) is 0 Å². The summed E-state index contributed by atoms with van der Waals surface area (Å²) in [4.78, 5) is 0. The number of aryl methyl sites for hydroxylation is 1. The lowest BCUT2D eigenvalue weighted by Gasteiger charge is -2.43. The molecule has 0 aliphatic rings. The Kier molecular flexibility index (Phi) is 14.3. The predicted octanol–water partition coefficient (Wildman–Crippen LogP) is 6.20. The molecule has 0 saturated heterocycles. The molecule has 0 aromatic heterocycles. The molecule has 0 fully saturated rings. The van der Waals surface area contributed by atoms with Crippen molar-refractivity contribution in [1.82, 2.24) is 0 Å². The van der Waals surface area contributed by atoms with Crippen molar-refractivity contribution in [3.63, 3.8) is 0 Å². The van der Waals surface area contributed by atoms with E-state index in [-0.39, 0.29) is 32.2 Å². The van der Waals surface area contributed by atoms with E-state index >= 15 is 0 Å². The minimum Gasteiger partial charge on any atom is -0.378 e. The first-order chi connectivity index (χ1) is 16.3. The summed E-state index contributed by atoms with van der Waals surface area (Å²) in [5, 5.41) is -2.30. The van der Waals surface area contributed by atoms with Crippen LogP contribution in [0.2, 0.25) is 0 Å². The van der Waals surface area contributed by atoms with Crippen molar-refractivity contribution in [1.29, 1.82) is 0 Å². The molecular formula is C26H46O7S. The predicted molar refractivity (Wildman–Crippen MR) is 135 cm³/mol. The van der Waals surface area contributed by atoms with Gasteiger partial charge in [-0.05, 0) is 59.1 Å². The number of ether oxygens (including phenoxy) is 4. The van der Waals surface area contributed by atoms with E-state index in [1.54, 1.807) is 39.8 Å². The highest BCUT2D eigenvalue weighted by atomic mass is 32.2. The lowest BCUT2D eigenvalue weighted by molar-refractivity contribution is -0.364. The summed E-state index contributed by atoms with van der Waals surface area (Å²) in [5.74, 6) is -1.47. The maximum Gasteiger partial charge on any atom is 0.372 e. The molecule has 0 aliphatic heterocycles. The summed E-state index contributed by atoms with van der Waals surface area (Å²) in [6.07, 6.45) is 8.98. The minimum absolute atomic E-state index is 0.0536. The highest BCUT2D eigenvalue weighted by Gasteiger charge is 2.65. The monoisotopic (exact) mass is 502 g/mol. The molecule has 1 aromatic rings. The summed E-state index contributed by atoms with van der Waals surface area (Å²) in [6.45, 7) is 11.1. The van der Waals surface area contributed by atoms with Crippen LogP contribution in [-0.4, -0.2) is 45.8 Å². The molecule has 7 nitrogen and oxygen atoms in total. The second-order valence-electron chi connectivity index (χ2n) is 8.25. The number of unbranched alkanes of at least 4 members (excludes halogenated alkanes) is 6. The standard InChI is InChI=1S/C26H46O7S/c1-7-12-13-14-15-16-17-20-23-21-18-19-22-24(23)33-34(27,28)26(31-10-4,32-11-5)25(6,29-8-2)30-9-3/h18-19,21-22H,7-17,20H2,1-6H3. The van der Waals surface area contributed by atoms with Crippen LogP contribution >= 0.6 is 0 Å². The minimum atomic E-state index is -4.53. The Morgan fingerprint density at radius 1 is 0.706 bits per heavy atom. The molecule has 1 aromatic carbocycles. The molecule has 8 heteroatoms. The zero-order valence-electron chi connectivity index (χ0n) is 22.1. The molecule has 0 heterocycles. The van der Waals surface area contributed by atoms with E-state index in [2.05, 4.69) is 6.92 Å². The van der Waals surface area contributed by atoms with Crippen LogP contribution < -0.4 is 4.18 Å². The summed E-state index contributed by atoms with van der Waals surface area (Å²) >= 11 is 0. The van der Waals surface area contributed by atoms with Gasteiger partial charge >= 0.3 is 15.2 Å². The molecule has 34 heavy (non-hydrogen) atoms. The average molecular weight is 503 g/mol. The SMILES string of the molecule is CCCCCCCCCc1ccccc1OS(=O)(=O)C(OCC)(OCC)C(C)(OCC)OCC. The van der Waals surface area contributed by atoms with Gasteiger partial charge in [0.25, 0.3) is 0 Å². The lowest BCUT2D eigenvalue weighted by Crippen LogP contribution is -2.64. The van der Waals surface area contributed by atoms with Gasteiger partial charge in [0.1, 0.15) is 5.75 Å². The Bertz CT molecular complexity index is 767. The van der Waals surface area contributed by atoms with E-state index in [9.17, 15) is 8.42 Å². The van der Waals surface area contributed by atoms with Crippen LogP contribution in [-0.2, 0) is 35.5 Å². The Morgan fingerprint density at radius 2 is 1.21 bits per heavy atom. The molecule has 0 radical (unpaired) electrons. The Hall–Kier alpha value is -1.19. The van der Waals surface area contributed by atoms with E-state index < -0.39 is 21.0 Å². The van der Waals surface area contributed by atoms with Gasteiger partial charge in [-0.15, -0.1) is 0 Å². The van der Waals surface area contributed by atoms with Gasteiger partial charge in [-0.3, -0.25) is 0 Å². The lowest BCUT2D eigenvalue weighted by atomic mass is 10.0. The molecule has 198 valence electrons. The third-order valence-electron chi connectivity index (χ3n) is 5.62. The van der Waals surface area contributed by atoms with Crippen molar-refractivity contribution in [2.24, 2.45) is 0 Å². The van der Waals surface area contributed by atoms with Gasteiger partial charge in [0.2, 0.25) is 5.79 Å². The molecule has 0 bridgehead atoms. The second kappa shape index (κ2) is 15.7. The maximum absolute atomic E-state index is 13.8. The molecule has 0 aliphatic carbocycles. The fourth-order valence-electron chi connectivity index (χ4n) is 4.06. The summed E-state index contributed by atoms with van der Waals surface area (Å²) < 4.78 is 56.4. The van der Waals surface area contributed by atoms with Gasteiger partial charge in [0.05, 0.1) is 0 Å². The van der Waals surface area contributed by atoms with Crippen LogP contribution in [0.25, 0.3) is 0 Å². The first-order valence-electron chi connectivity index (χ1n) is 12.8. The number of benzene rings is 1. The van der Waals surface area contributed by atoms with Crippen molar-refractivity contribution in [2.75, 3.05) is 26.4 Å². The van der Waals surface area contributed by atoms with Crippen molar-refractivity contribution in [3.8, 4) is 5.75 Å². The third kappa shape index (κ3) is 8.19. The first kappa shape index (κ1) is 30.8. The molecule has 0 spiro atoms. The Balaban J connectivity index is 3.18. The van der Waals surface area contributed by atoms with Crippen LogP contribution in [0.5, 0.6) is 5.75 Å². The number of hydrogen-bond donors (Lipinski definition) is 0. The van der Waals surface area contributed by atoms with Gasteiger partial charge in [0, 0.05) is 26.4 Å². The highest BCUT2D eigenvalue weighted by Crippen LogP contribution is 2.40. The fraction of sp³-hybridized carbons (Fsp3) is 0.769. The van der Waals surface area contributed by atoms with Crippen molar-refractivity contribution in [3.05, 3.63) is 29.8 Å². The summed E-state index contributed by atoms with van der Waals surface area (Å²) in [6, 6.07) is 7.20.